The van der Waals surface area contributed by atoms with Crippen molar-refractivity contribution in [2.45, 2.75) is 25.5 Å². The highest BCUT2D eigenvalue weighted by Gasteiger charge is 2.36. The van der Waals surface area contributed by atoms with Crippen molar-refractivity contribution in [2.24, 2.45) is 4.99 Å². The first kappa shape index (κ1) is 7.13. The van der Waals surface area contributed by atoms with Gasteiger partial charge >= 0.3 is 0 Å². The van der Waals surface area contributed by atoms with Gasteiger partial charge in [0.1, 0.15) is 12.1 Å². The van der Waals surface area contributed by atoms with Gasteiger partial charge in [0.25, 0.3) is 0 Å². The zero-order valence-corrected chi connectivity index (χ0v) is 7.53. The lowest BCUT2D eigenvalue weighted by Gasteiger charge is -2.08. The molecule has 0 bridgehead atoms. The highest BCUT2D eigenvalue weighted by Crippen LogP contribution is 2.39. The van der Waals surface area contributed by atoms with Gasteiger partial charge in [0, 0.05) is 6.42 Å². The van der Waals surface area contributed by atoms with Crippen LogP contribution in [0.25, 0.3) is 0 Å². The van der Waals surface area contributed by atoms with Crippen LogP contribution in [0.2, 0.25) is 0 Å². The zero-order chi connectivity index (χ0) is 8.84. The molecule has 2 atom stereocenters. The van der Waals surface area contributed by atoms with Gasteiger partial charge < -0.3 is 4.74 Å². The highest BCUT2D eigenvalue weighted by molar-refractivity contribution is 5.55. The van der Waals surface area contributed by atoms with Crippen LogP contribution in [0, 0.1) is 6.92 Å². The Labute approximate surface area is 77.3 Å². The van der Waals surface area contributed by atoms with Gasteiger partial charge in [0.15, 0.2) is 6.40 Å². The number of fused-ring (bicyclic) bond motifs is 3. The molecule has 2 nitrogen and oxygen atoms in total. The molecule has 0 saturated heterocycles. The maximum absolute atomic E-state index is 5.42. The molecular weight excluding hydrogens is 162 g/mol. The fraction of sp³-hybridized carbons (Fsp3) is 0.364. The third-order valence-electron chi connectivity index (χ3n) is 2.94. The normalized spacial score (nSPS) is 28.4. The van der Waals surface area contributed by atoms with Gasteiger partial charge in [-0.25, -0.2) is 4.99 Å². The molecule has 1 aromatic rings. The van der Waals surface area contributed by atoms with E-state index in [1.807, 2.05) is 0 Å². The molecule has 66 valence electrons. The van der Waals surface area contributed by atoms with Gasteiger partial charge in [-0.3, -0.25) is 0 Å². The molecular formula is C11H11NO. The standard InChI is InChI=1S/C11H11NO/c1-7-3-2-4-8-5-9-11(10(7)8)12-6-13-9/h2-4,6,9,11H,5H2,1H3/t9-,11?/m1/s1. The monoisotopic (exact) mass is 173 g/mol. The number of ether oxygens (including phenoxy) is 1. The fourth-order valence-corrected chi connectivity index (χ4v) is 2.33. The van der Waals surface area contributed by atoms with Crippen molar-refractivity contribution in [3.8, 4) is 0 Å². The Morgan fingerprint density at radius 2 is 2.38 bits per heavy atom. The number of nitrogens with zero attached hydrogens (tertiary/aromatic N) is 1. The molecule has 1 unspecified atom stereocenters. The summed E-state index contributed by atoms with van der Waals surface area (Å²) in [6.07, 6.45) is 2.89. The SMILES string of the molecule is Cc1cccc2c1C1N=CO[C@@H]1C2. The number of rotatable bonds is 0. The van der Waals surface area contributed by atoms with E-state index in [9.17, 15) is 0 Å². The molecule has 1 aliphatic heterocycles. The summed E-state index contributed by atoms with van der Waals surface area (Å²) in [4.78, 5) is 4.35. The van der Waals surface area contributed by atoms with E-state index in [4.69, 9.17) is 4.74 Å². The average Bonchev–Trinajstić information content (AvgIpc) is 2.62. The minimum atomic E-state index is 0.274. The number of aliphatic imine (C=N–C) groups is 1. The van der Waals surface area contributed by atoms with Gasteiger partial charge in [0.05, 0.1) is 0 Å². The summed E-state index contributed by atoms with van der Waals surface area (Å²) in [5.74, 6) is 0. The van der Waals surface area contributed by atoms with Crippen LogP contribution in [0.3, 0.4) is 0 Å². The van der Waals surface area contributed by atoms with Crippen LogP contribution in [-0.2, 0) is 11.2 Å². The average molecular weight is 173 g/mol. The Kier molecular flexibility index (Phi) is 1.29. The molecule has 0 fully saturated rings. The minimum Gasteiger partial charge on any atom is -0.477 e. The smallest absolute Gasteiger partial charge is 0.170 e. The van der Waals surface area contributed by atoms with Crippen molar-refractivity contribution < 1.29 is 4.74 Å². The lowest BCUT2D eigenvalue weighted by molar-refractivity contribution is 0.214. The van der Waals surface area contributed by atoms with E-state index < -0.39 is 0 Å². The van der Waals surface area contributed by atoms with E-state index in [1.54, 1.807) is 6.40 Å². The lowest BCUT2D eigenvalue weighted by atomic mass is 10.0. The fourth-order valence-electron chi connectivity index (χ4n) is 2.33. The molecule has 0 spiro atoms. The topological polar surface area (TPSA) is 21.6 Å². The molecule has 2 aliphatic rings. The number of hydrogen-bond donors (Lipinski definition) is 0. The third-order valence-corrected chi connectivity index (χ3v) is 2.94. The molecule has 1 aromatic carbocycles. The van der Waals surface area contributed by atoms with Crippen LogP contribution in [0.4, 0.5) is 0 Å². The number of aryl methyl sites for hydroxylation is 1. The Balaban J connectivity index is 2.19. The van der Waals surface area contributed by atoms with Crippen molar-refractivity contribution >= 4 is 6.40 Å². The molecule has 0 amide bonds. The van der Waals surface area contributed by atoms with E-state index in [0.29, 0.717) is 0 Å². The minimum absolute atomic E-state index is 0.274. The Bertz CT molecular complexity index is 384. The Morgan fingerprint density at radius 1 is 1.46 bits per heavy atom. The quantitative estimate of drug-likeness (QED) is 0.588. The van der Waals surface area contributed by atoms with Crippen LogP contribution >= 0.6 is 0 Å². The van der Waals surface area contributed by atoms with Crippen molar-refractivity contribution in [1.82, 2.24) is 0 Å². The van der Waals surface area contributed by atoms with Gasteiger partial charge in [0.2, 0.25) is 0 Å². The summed E-state index contributed by atoms with van der Waals surface area (Å²) in [6.45, 7) is 2.15. The second-order valence-corrected chi connectivity index (χ2v) is 3.73. The van der Waals surface area contributed by atoms with Crippen LogP contribution < -0.4 is 0 Å². The predicted octanol–water partition coefficient (Wildman–Crippen LogP) is 2.02. The van der Waals surface area contributed by atoms with Crippen molar-refractivity contribution in [2.75, 3.05) is 0 Å². The molecule has 0 aromatic heterocycles. The summed E-state index contributed by atoms with van der Waals surface area (Å²) in [5.41, 5.74) is 4.14. The summed E-state index contributed by atoms with van der Waals surface area (Å²) in [6, 6.07) is 6.71. The van der Waals surface area contributed by atoms with E-state index in [0.717, 1.165) is 6.42 Å². The summed E-state index contributed by atoms with van der Waals surface area (Å²) >= 11 is 0. The molecule has 0 saturated carbocycles. The predicted molar refractivity (Wildman–Crippen MR) is 51.0 cm³/mol. The van der Waals surface area contributed by atoms with Crippen molar-refractivity contribution in [1.29, 1.82) is 0 Å². The lowest BCUT2D eigenvalue weighted by Crippen LogP contribution is -2.09. The summed E-state index contributed by atoms with van der Waals surface area (Å²) in [7, 11) is 0. The van der Waals surface area contributed by atoms with E-state index in [2.05, 4.69) is 30.1 Å². The number of benzene rings is 1. The second-order valence-electron chi connectivity index (χ2n) is 3.73. The molecule has 2 heteroatoms. The Morgan fingerprint density at radius 3 is 3.31 bits per heavy atom. The molecule has 3 rings (SSSR count). The zero-order valence-electron chi connectivity index (χ0n) is 7.53. The maximum atomic E-state index is 5.42. The first-order chi connectivity index (χ1) is 6.36. The van der Waals surface area contributed by atoms with Crippen LogP contribution in [-0.4, -0.2) is 12.5 Å². The molecule has 1 aliphatic carbocycles. The van der Waals surface area contributed by atoms with Gasteiger partial charge in [-0.15, -0.1) is 0 Å². The molecule has 0 N–H and O–H groups in total. The van der Waals surface area contributed by atoms with Crippen LogP contribution in [0.5, 0.6) is 0 Å². The molecule has 13 heavy (non-hydrogen) atoms. The van der Waals surface area contributed by atoms with Gasteiger partial charge in [-0.2, -0.15) is 0 Å². The van der Waals surface area contributed by atoms with Crippen LogP contribution in [0.1, 0.15) is 22.7 Å². The van der Waals surface area contributed by atoms with E-state index >= 15 is 0 Å². The number of hydrogen-bond acceptors (Lipinski definition) is 2. The van der Waals surface area contributed by atoms with Crippen molar-refractivity contribution in [3.05, 3.63) is 34.9 Å². The third kappa shape index (κ3) is 0.857. The van der Waals surface area contributed by atoms with E-state index in [1.165, 1.54) is 16.7 Å². The highest BCUT2D eigenvalue weighted by atomic mass is 16.5. The largest absolute Gasteiger partial charge is 0.477 e. The first-order valence-corrected chi connectivity index (χ1v) is 4.62. The second kappa shape index (κ2) is 2.34. The summed E-state index contributed by atoms with van der Waals surface area (Å²) in [5, 5.41) is 0. The van der Waals surface area contributed by atoms with Gasteiger partial charge in [-0.05, 0) is 23.6 Å². The van der Waals surface area contributed by atoms with E-state index in [-0.39, 0.29) is 12.1 Å². The maximum Gasteiger partial charge on any atom is 0.170 e. The molecule has 1 heterocycles. The summed E-state index contributed by atoms with van der Waals surface area (Å²) < 4.78 is 5.42. The van der Waals surface area contributed by atoms with Crippen molar-refractivity contribution in [3.63, 3.8) is 0 Å². The Hall–Kier alpha value is -1.31. The van der Waals surface area contributed by atoms with Crippen LogP contribution in [0.15, 0.2) is 23.2 Å². The molecule has 0 radical (unpaired) electrons. The van der Waals surface area contributed by atoms with Gasteiger partial charge in [-0.1, -0.05) is 18.2 Å². The first-order valence-electron chi connectivity index (χ1n) is 4.62.